The number of aryl methyl sites for hydroxylation is 2. The third kappa shape index (κ3) is 3.16. The molecule has 0 radical (unpaired) electrons. The lowest BCUT2D eigenvalue weighted by Crippen LogP contribution is -2.40. The molecule has 1 aliphatic heterocycles. The highest BCUT2D eigenvalue weighted by atomic mass is 35.5. The molecule has 0 aromatic carbocycles. The zero-order chi connectivity index (χ0) is 16.6. The monoisotopic (exact) mass is 353 g/mol. The van der Waals surface area contributed by atoms with Crippen LogP contribution >= 0.6 is 22.9 Å². The zero-order valence-corrected chi connectivity index (χ0v) is 14.8. The van der Waals surface area contributed by atoms with Crippen LogP contribution in [0.25, 0.3) is 0 Å². The minimum absolute atomic E-state index is 0.0813. The van der Waals surface area contributed by atoms with Crippen LogP contribution in [0.5, 0.6) is 0 Å². The SMILES string of the molecule is Cc1nn(C)c(C(=O)N2CCC([C@@H](O)c3cccs3)CC2)c1Cl. The molecule has 3 rings (SSSR count). The summed E-state index contributed by atoms with van der Waals surface area (Å²) in [5.74, 6) is 0.114. The first kappa shape index (κ1) is 16.5. The quantitative estimate of drug-likeness (QED) is 0.922. The summed E-state index contributed by atoms with van der Waals surface area (Å²) in [4.78, 5) is 15.5. The van der Waals surface area contributed by atoms with Crippen LogP contribution in [0.4, 0.5) is 0 Å². The van der Waals surface area contributed by atoms with E-state index in [0.29, 0.717) is 29.5 Å². The van der Waals surface area contributed by atoms with Crippen molar-refractivity contribution in [2.24, 2.45) is 13.0 Å². The van der Waals surface area contributed by atoms with E-state index in [4.69, 9.17) is 11.6 Å². The van der Waals surface area contributed by atoms with E-state index in [-0.39, 0.29) is 11.8 Å². The van der Waals surface area contributed by atoms with E-state index in [0.717, 1.165) is 17.7 Å². The number of hydrogen-bond acceptors (Lipinski definition) is 4. The van der Waals surface area contributed by atoms with E-state index >= 15 is 0 Å². The Morgan fingerprint density at radius 3 is 2.70 bits per heavy atom. The maximum Gasteiger partial charge on any atom is 0.273 e. The summed E-state index contributed by atoms with van der Waals surface area (Å²) in [5.41, 5.74) is 1.11. The van der Waals surface area contributed by atoms with Crippen molar-refractivity contribution in [3.63, 3.8) is 0 Å². The van der Waals surface area contributed by atoms with Gasteiger partial charge in [-0.2, -0.15) is 5.10 Å². The number of thiophene rings is 1. The molecule has 1 saturated heterocycles. The highest BCUT2D eigenvalue weighted by Crippen LogP contribution is 2.33. The summed E-state index contributed by atoms with van der Waals surface area (Å²) in [6, 6.07) is 3.92. The molecule has 5 nitrogen and oxygen atoms in total. The highest BCUT2D eigenvalue weighted by molar-refractivity contribution is 7.10. The van der Waals surface area contributed by atoms with Gasteiger partial charge in [-0.15, -0.1) is 11.3 Å². The molecule has 124 valence electrons. The standard InChI is InChI=1S/C16H20ClN3O2S/c1-10-13(17)14(19(2)18-10)16(22)20-7-5-11(6-8-20)15(21)12-4-3-9-23-12/h3-4,9,11,15,21H,5-8H2,1-2H3/t15-/m1/s1. The third-order valence-electron chi connectivity index (χ3n) is 4.46. The van der Waals surface area contributed by atoms with E-state index < -0.39 is 6.10 Å². The van der Waals surface area contributed by atoms with Crippen LogP contribution in [0.15, 0.2) is 17.5 Å². The van der Waals surface area contributed by atoms with Gasteiger partial charge in [-0.05, 0) is 37.1 Å². The Hall–Kier alpha value is -1.37. The minimum Gasteiger partial charge on any atom is -0.387 e. The van der Waals surface area contributed by atoms with E-state index in [1.807, 2.05) is 17.5 Å². The first-order valence-electron chi connectivity index (χ1n) is 7.69. The lowest BCUT2D eigenvalue weighted by molar-refractivity contribution is 0.0467. The van der Waals surface area contributed by atoms with E-state index in [9.17, 15) is 9.90 Å². The predicted molar refractivity (Wildman–Crippen MR) is 90.9 cm³/mol. The average molecular weight is 354 g/mol. The summed E-state index contributed by atoms with van der Waals surface area (Å²) in [6.45, 7) is 3.06. The first-order chi connectivity index (χ1) is 11.0. The molecule has 23 heavy (non-hydrogen) atoms. The van der Waals surface area contributed by atoms with Gasteiger partial charge in [0.25, 0.3) is 5.91 Å². The molecule has 0 aliphatic carbocycles. The molecule has 3 heterocycles. The van der Waals surface area contributed by atoms with Gasteiger partial charge in [-0.1, -0.05) is 17.7 Å². The van der Waals surface area contributed by atoms with E-state index in [2.05, 4.69) is 5.10 Å². The van der Waals surface area contributed by atoms with Crippen molar-refractivity contribution in [3.05, 3.63) is 38.8 Å². The van der Waals surface area contributed by atoms with Crippen molar-refractivity contribution in [1.29, 1.82) is 0 Å². The molecule has 1 aliphatic rings. The molecular formula is C16H20ClN3O2S. The maximum atomic E-state index is 12.7. The van der Waals surface area contributed by atoms with Gasteiger partial charge in [0.15, 0.2) is 0 Å². The van der Waals surface area contributed by atoms with Gasteiger partial charge in [0.2, 0.25) is 0 Å². The summed E-state index contributed by atoms with van der Waals surface area (Å²) >= 11 is 7.78. The van der Waals surface area contributed by atoms with Gasteiger partial charge in [0.1, 0.15) is 5.69 Å². The predicted octanol–water partition coefficient (Wildman–Crippen LogP) is 3.03. The van der Waals surface area contributed by atoms with Gasteiger partial charge in [0.05, 0.1) is 16.8 Å². The van der Waals surface area contributed by atoms with E-state index in [1.54, 1.807) is 34.9 Å². The fourth-order valence-electron chi connectivity index (χ4n) is 3.12. The normalized spacial score (nSPS) is 17.5. The molecule has 7 heteroatoms. The number of aromatic nitrogens is 2. The molecule has 2 aromatic heterocycles. The number of halogens is 1. The lowest BCUT2D eigenvalue weighted by atomic mass is 9.90. The van der Waals surface area contributed by atoms with Crippen LogP contribution in [0, 0.1) is 12.8 Å². The van der Waals surface area contributed by atoms with Gasteiger partial charge in [-0.3, -0.25) is 9.48 Å². The minimum atomic E-state index is -0.435. The summed E-state index contributed by atoms with van der Waals surface area (Å²) in [6.07, 6.45) is 1.15. The fourth-order valence-corrected chi connectivity index (χ4v) is 4.17. The van der Waals surface area contributed by atoms with Crippen molar-refractivity contribution < 1.29 is 9.90 Å². The Morgan fingerprint density at radius 1 is 1.48 bits per heavy atom. The van der Waals surface area contributed by atoms with Crippen molar-refractivity contribution in [2.75, 3.05) is 13.1 Å². The fraction of sp³-hybridized carbons (Fsp3) is 0.500. The van der Waals surface area contributed by atoms with Crippen molar-refractivity contribution in [2.45, 2.75) is 25.9 Å². The topological polar surface area (TPSA) is 58.4 Å². The van der Waals surface area contributed by atoms with Crippen LogP contribution in [-0.4, -0.2) is 38.8 Å². The van der Waals surface area contributed by atoms with Crippen LogP contribution in [0.1, 0.15) is 40.0 Å². The maximum absolute atomic E-state index is 12.7. The number of rotatable bonds is 3. The van der Waals surface area contributed by atoms with Crippen LogP contribution < -0.4 is 0 Å². The highest BCUT2D eigenvalue weighted by Gasteiger charge is 2.31. The van der Waals surface area contributed by atoms with Crippen LogP contribution in [0.2, 0.25) is 5.02 Å². The number of piperidine rings is 1. The molecule has 2 aromatic rings. The zero-order valence-electron chi connectivity index (χ0n) is 13.2. The van der Waals surface area contributed by atoms with Gasteiger partial charge in [-0.25, -0.2) is 0 Å². The van der Waals surface area contributed by atoms with Crippen LogP contribution in [0.3, 0.4) is 0 Å². The molecule has 1 fully saturated rings. The second kappa shape index (κ2) is 6.63. The Kier molecular flexibility index (Phi) is 4.75. The smallest absolute Gasteiger partial charge is 0.273 e. The summed E-state index contributed by atoms with van der Waals surface area (Å²) in [5, 5.41) is 17.0. The summed E-state index contributed by atoms with van der Waals surface area (Å²) in [7, 11) is 1.74. The summed E-state index contributed by atoms with van der Waals surface area (Å²) < 4.78 is 1.55. The molecule has 0 unspecified atom stereocenters. The average Bonchev–Trinajstić information content (AvgIpc) is 3.16. The number of amides is 1. The number of aliphatic hydroxyl groups excluding tert-OH is 1. The number of likely N-dealkylation sites (tertiary alicyclic amines) is 1. The lowest BCUT2D eigenvalue weighted by Gasteiger charge is -2.34. The molecule has 0 spiro atoms. The Morgan fingerprint density at radius 2 is 2.17 bits per heavy atom. The van der Waals surface area contributed by atoms with Gasteiger partial charge < -0.3 is 10.0 Å². The van der Waals surface area contributed by atoms with Gasteiger partial charge >= 0.3 is 0 Å². The number of hydrogen-bond donors (Lipinski definition) is 1. The number of carbonyl (C=O) groups is 1. The van der Waals surface area contributed by atoms with Crippen LogP contribution in [-0.2, 0) is 7.05 Å². The molecule has 1 N–H and O–H groups in total. The molecule has 1 amide bonds. The second-order valence-corrected chi connectivity index (χ2v) is 7.32. The molecule has 0 saturated carbocycles. The molecular weight excluding hydrogens is 334 g/mol. The van der Waals surface area contributed by atoms with Gasteiger partial charge in [0, 0.05) is 25.0 Å². The van der Waals surface area contributed by atoms with Crippen molar-refractivity contribution in [3.8, 4) is 0 Å². The number of carbonyl (C=O) groups excluding carboxylic acids is 1. The Balaban J connectivity index is 1.66. The third-order valence-corrected chi connectivity index (χ3v) is 5.86. The van der Waals surface area contributed by atoms with Crippen molar-refractivity contribution >= 4 is 28.8 Å². The Labute approximate surface area is 144 Å². The Bertz CT molecular complexity index is 690. The second-order valence-electron chi connectivity index (χ2n) is 5.96. The number of nitrogens with zero attached hydrogens (tertiary/aromatic N) is 3. The van der Waals surface area contributed by atoms with E-state index in [1.165, 1.54) is 0 Å². The van der Waals surface area contributed by atoms with Crippen molar-refractivity contribution in [1.82, 2.24) is 14.7 Å². The molecule has 0 bridgehead atoms. The molecule has 1 atom stereocenters. The largest absolute Gasteiger partial charge is 0.387 e. The number of aliphatic hydroxyl groups is 1. The first-order valence-corrected chi connectivity index (χ1v) is 8.94.